The van der Waals surface area contributed by atoms with Crippen molar-refractivity contribution < 1.29 is 9.90 Å². The van der Waals surface area contributed by atoms with E-state index in [0.29, 0.717) is 5.56 Å². The van der Waals surface area contributed by atoms with Crippen LogP contribution in [0.4, 0.5) is 0 Å². The largest absolute Gasteiger partial charge is 0.507 e. The molecule has 0 aliphatic heterocycles. The molecule has 3 nitrogen and oxygen atoms in total. The number of benzene rings is 1. The summed E-state index contributed by atoms with van der Waals surface area (Å²) in [5.74, 6) is 0.863. The van der Waals surface area contributed by atoms with Crippen LogP contribution in [0.2, 0.25) is 0 Å². The third-order valence-corrected chi connectivity index (χ3v) is 4.47. The second-order valence-electron chi connectivity index (χ2n) is 5.10. The van der Waals surface area contributed by atoms with E-state index in [0.717, 1.165) is 22.3 Å². The van der Waals surface area contributed by atoms with Gasteiger partial charge in [0.1, 0.15) is 5.75 Å². The Labute approximate surface area is 121 Å². The van der Waals surface area contributed by atoms with E-state index < -0.39 is 0 Å². The van der Waals surface area contributed by atoms with Gasteiger partial charge in [0, 0.05) is 11.6 Å². The van der Waals surface area contributed by atoms with Crippen molar-refractivity contribution in [2.45, 2.75) is 38.6 Å². The number of phenols is 1. The van der Waals surface area contributed by atoms with E-state index in [9.17, 15) is 9.90 Å². The van der Waals surface area contributed by atoms with Crippen LogP contribution in [-0.4, -0.2) is 17.1 Å². The molecule has 0 radical (unpaired) electrons. The summed E-state index contributed by atoms with van der Waals surface area (Å²) in [5, 5.41) is 12.7. The number of nitrogens with one attached hydrogen (secondary N) is 1. The van der Waals surface area contributed by atoms with Crippen molar-refractivity contribution in [3.63, 3.8) is 0 Å². The van der Waals surface area contributed by atoms with Crippen molar-refractivity contribution in [1.29, 1.82) is 0 Å². The molecule has 0 spiro atoms. The van der Waals surface area contributed by atoms with Gasteiger partial charge in [-0.25, -0.2) is 0 Å². The molecule has 0 unspecified atom stereocenters. The van der Waals surface area contributed by atoms with Gasteiger partial charge in [0.15, 0.2) is 0 Å². The number of hydrogen-bond acceptors (Lipinski definition) is 2. The molecular formula is C14H18INO2. The van der Waals surface area contributed by atoms with Crippen LogP contribution in [0.15, 0.2) is 18.2 Å². The summed E-state index contributed by atoms with van der Waals surface area (Å²) in [6.45, 7) is 2.26. The molecular weight excluding hydrogens is 341 g/mol. The van der Waals surface area contributed by atoms with Crippen molar-refractivity contribution in [1.82, 2.24) is 5.32 Å². The fourth-order valence-corrected chi connectivity index (χ4v) is 2.66. The van der Waals surface area contributed by atoms with Gasteiger partial charge < -0.3 is 10.4 Å². The van der Waals surface area contributed by atoms with E-state index in [4.69, 9.17) is 0 Å². The van der Waals surface area contributed by atoms with Crippen molar-refractivity contribution in [3.05, 3.63) is 27.3 Å². The Morgan fingerprint density at radius 1 is 1.33 bits per heavy atom. The van der Waals surface area contributed by atoms with Gasteiger partial charge in [-0.2, -0.15) is 0 Å². The van der Waals surface area contributed by atoms with Gasteiger partial charge in [0.2, 0.25) is 0 Å². The lowest BCUT2D eigenvalue weighted by Crippen LogP contribution is -2.37. The van der Waals surface area contributed by atoms with Crippen molar-refractivity contribution in [3.8, 4) is 5.75 Å². The monoisotopic (exact) mass is 359 g/mol. The zero-order valence-electron chi connectivity index (χ0n) is 10.4. The SMILES string of the molecule is CC1CCC(NC(=O)c2ccc(I)c(O)c2)CC1. The minimum Gasteiger partial charge on any atom is -0.507 e. The minimum absolute atomic E-state index is 0.0822. The highest BCUT2D eigenvalue weighted by atomic mass is 127. The molecule has 18 heavy (non-hydrogen) atoms. The zero-order chi connectivity index (χ0) is 13.1. The fraction of sp³-hybridized carbons (Fsp3) is 0.500. The van der Waals surface area contributed by atoms with Gasteiger partial charge in [-0.15, -0.1) is 0 Å². The number of carbonyl (C=O) groups excluding carboxylic acids is 1. The Balaban J connectivity index is 1.97. The zero-order valence-corrected chi connectivity index (χ0v) is 12.6. The highest BCUT2D eigenvalue weighted by molar-refractivity contribution is 14.1. The molecule has 4 heteroatoms. The number of phenolic OH excluding ortho intramolecular Hbond substituents is 1. The molecule has 1 aromatic carbocycles. The summed E-state index contributed by atoms with van der Waals surface area (Å²) in [6, 6.07) is 5.33. The summed E-state index contributed by atoms with van der Waals surface area (Å²) in [6.07, 6.45) is 4.48. The van der Waals surface area contributed by atoms with Crippen LogP contribution in [0.1, 0.15) is 43.0 Å². The van der Waals surface area contributed by atoms with Gasteiger partial charge in [0.05, 0.1) is 3.57 Å². The molecule has 0 bridgehead atoms. The summed E-state index contributed by atoms with van der Waals surface area (Å²) in [7, 11) is 0. The molecule has 0 heterocycles. The fourth-order valence-electron chi connectivity index (χ4n) is 2.33. The highest BCUT2D eigenvalue weighted by Gasteiger charge is 2.20. The first kappa shape index (κ1) is 13.6. The number of halogens is 1. The molecule has 0 aromatic heterocycles. The number of amides is 1. The van der Waals surface area contributed by atoms with Gasteiger partial charge in [-0.1, -0.05) is 6.92 Å². The molecule has 0 atom stereocenters. The summed E-state index contributed by atoms with van der Waals surface area (Å²) >= 11 is 2.04. The second-order valence-corrected chi connectivity index (χ2v) is 6.26. The first-order valence-electron chi connectivity index (χ1n) is 6.35. The predicted octanol–water partition coefficient (Wildman–Crippen LogP) is 3.31. The molecule has 1 aliphatic rings. The summed E-state index contributed by atoms with van der Waals surface area (Å²) in [4.78, 5) is 12.0. The maximum Gasteiger partial charge on any atom is 0.251 e. The van der Waals surface area contributed by atoms with Gasteiger partial charge in [-0.05, 0) is 72.4 Å². The summed E-state index contributed by atoms with van der Waals surface area (Å²) in [5.41, 5.74) is 0.534. The Morgan fingerprint density at radius 2 is 2.00 bits per heavy atom. The smallest absolute Gasteiger partial charge is 0.251 e. The van der Waals surface area contributed by atoms with Gasteiger partial charge in [0.25, 0.3) is 5.91 Å². The third-order valence-electron chi connectivity index (χ3n) is 3.56. The number of aromatic hydroxyl groups is 1. The molecule has 1 fully saturated rings. The van der Waals surface area contributed by atoms with E-state index in [1.165, 1.54) is 18.9 Å². The Bertz CT molecular complexity index is 439. The molecule has 1 saturated carbocycles. The first-order valence-corrected chi connectivity index (χ1v) is 7.43. The molecule has 1 amide bonds. The van der Waals surface area contributed by atoms with Crippen molar-refractivity contribution in [2.24, 2.45) is 5.92 Å². The molecule has 2 N–H and O–H groups in total. The third kappa shape index (κ3) is 3.37. The van der Waals surface area contributed by atoms with Gasteiger partial charge in [-0.3, -0.25) is 4.79 Å². The number of hydrogen-bond donors (Lipinski definition) is 2. The normalized spacial score (nSPS) is 23.7. The maximum absolute atomic E-state index is 12.0. The van der Waals surface area contributed by atoms with E-state index >= 15 is 0 Å². The lowest BCUT2D eigenvalue weighted by atomic mass is 9.87. The van der Waals surface area contributed by atoms with Crippen LogP contribution in [0.5, 0.6) is 5.75 Å². The molecule has 0 saturated heterocycles. The van der Waals surface area contributed by atoms with Crippen LogP contribution >= 0.6 is 22.6 Å². The van der Waals surface area contributed by atoms with Crippen LogP contribution in [0, 0.1) is 9.49 Å². The molecule has 1 aliphatic carbocycles. The van der Waals surface area contributed by atoms with Crippen LogP contribution < -0.4 is 5.32 Å². The Hall–Kier alpha value is -0.780. The lowest BCUT2D eigenvalue weighted by molar-refractivity contribution is 0.0922. The Kier molecular flexibility index (Phi) is 4.48. The number of carbonyl (C=O) groups is 1. The first-order chi connectivity index (χ1) is 8.56. The van der Waals surface area contributed by atoms with Crippen LogP contribution in [0.25, 0.3) is 0 Å². The van der Waals surface area contributed by atoms with E-state index in [1.807, 2.05) is 22.6 Å². The van der Waals surface area contributed by atoms with Crippen LogP contribution in [-0.2, 0) is 0 Å². The molecule has 2 rings (SSSR count). The summed E-state index contributed by atoms with van der Waals surface area (Å²) < 4.78 is 0.760. The predicted molar refractivity (Wildman–Crippen MR) is 79.7 cm³/mol. The quantitative estimate of drug-likeness (QED) is 0.796. The standard InChI is InChI=1S/C14H18INO2/c1-9-2-5-11(6-3-9)16-14(18)10-4-7-12(15)13(17)8-10/h4,7-9,11,17H,2-3,5-6H2,1H3,(H,16,18). The van der Waals surface area contributed by atoms with Gasteiger partial charge >= 0.3 is 0 Å². The van der Waals surface area contributed by atoms with E-state index in [-0.39, 0.29) is 17.7 Å². The van der Waals surface area contributed by atoms with Crippen LogP contribution in [0.3, 0.4) is 0 Å². The highest BCUT2D eigenvalue weighted by Crippen LogP contribution is 2.24. The van der Waals surface area contributed by atoms with Crippen molar-refractivity contribution >= 4 is 28.5 Å². The molecule has 98 valence electrons. The van der Waals surface area contributed by atoms with E-state index in [2.05, 4.69) is 12.2 Å². The second kappa shape index (κ2) is 5.91. The average Bonchev–Trinajstić information content (AvgIpc) is 2.35. The molecule has 1 aromatic rings. The minimum atomic E-state index is -0.0822. The topological polar surface area (TPSA) is 49.3 Å². The number of rotatable bonds is 2. The average molecular weight is 359 g/mol. The van der Waals surface area contributed by atoms with E-state index in [1.54, 1.807) is 12.1 Å². The lowest BCUT2D eigenvalue weighted by Gasteiger charge is -2.26. The van der Waals surface area contributed by atoms with Crippen molar-refractivity contribution in [2.75, 3.05) is 0 Å². The maximum atomic E-state index is 12.0. The Morgan fingerprint density at radius 3 is 2.61 bits per heavy atom.